The Labute approximate surface area is 112 Å². The van der Waals surface area contributed by atoms with Crippen LogP contribution in [-0.4, -0.2) is 47.1 Å². The van der Waals surface area contributed by atoms with Crippen LogP contribution in [0.25, 0.3) is 0 Å². The second kappa shape index (κ2) is 5.71. The molecule has 19 heavy (non-hydrogen) atoms. The Kier molecular flexibility index (Phi) is 4.21. The molecule has 1 aromatic heterocycles. The number of nitrogens with one attached hydrogen (secondary N) is 2. The van der Waals surface area contributed by atoms with Gasteiger partial charge in [0.15, 0.2) is 5.69 Å². The van der Waals surface area contributed by atoms with E-state index in [4.69, 9.17) is 9.84 Å². The van der Waals surface area contributed by atoms with Crippen LogP contribution in [0.5, 0.6) is 0 Å². The molecule has 0 saturated carbocycles. The first-order valence-electron chi connectivity index (χ1n) is 6.58. The molecule has 0 bridgehead atoms. The molecular weight excluding hydrogens is 246 g/mol. The number of H-pyrrole nitrogens is 1. The third kappa shape index (κ3) is 2.96. The van der Waals surface area contributed by atoms with Crippen molar-refractivity contribution in [2.24, 2.45) is 0 Å². The number of aromatic nitrogens is 2. The molecule has 0 fully saturated rings. The lowest BCUT2D eigenvalue weighted by molar-refractivity contribution is 0.0721. The molecule has 0 radical (unpaired) electrons. The number of aliphatic hydroxyl groups is 1. The first-order chi connectivity index (χ1) is 9.09. The van der Waals surface area contributed by atoms with Crippen molar-refractivity contribution in [2.75, 3.05) is 20.3 Å². The summed E-state index contributed by atoms with van der Waals surface area (Å²) < 4.78 is 5.12. The predicted molar refractivity (Wildman–Crippen MR) is 70.1 cm³/mol. The van der Waals surface area contributed by atoms with Gasteiger partial charge >= 0.3 is 0 Å². The first-order valence-corrected chi connectivity index (χ1v) is 6.58. The summed E-state index contributed by atoms with van der Waals surface area (Å²) in [6.07, 6.45) is 3.37. The van der Waals surface area contributed by atoms with Crippen molar-refractivity contribution in [1.29, 1.82) is 0 Å². The Balaban J connectivity index is 2.10. The van der Waals surface area contributed by atoms with Gasteiger partial charge in [-0.1, -0.05) is 0 Å². The van der Waals surface area contributed by atoms with Gasteiger partial charge in [0.1, 0.15) is 0 Å². The van der Waals surface area contributed by atoms with Crippen LogP contribution in [0.3, 0.4) is 0 Å². The van der Waals surface area contributed by atoms with Gasteiger partial charge in [-0.2, -0.15) is 5.10 Å². The summed E-state index contributed by atoms with van der Waals surface area (Å²) in [7, 11) is 1.58. The fourth-order valence-corrected chi connectivity index (χ4v) is 2.58. The molecule has 1 aromatic rings. The fraction of sp³-hybridized carbons (Fsp3) is 0.692. The maximum atomic E-state index is 12.3. The summed E-state index contributed by atoms with van der Waals surface area (Å²) >= 11 is 0. The van der Waals surface area contributed by atoms with Crippen molar-refractivity contribution >= 4 is 5.91 Å². The largest absolute Gasteiger partial charge is 0.396 e. The number of hydrogen-bond donors (Lipinski definition) is 3. The van der Waals surface area contributed by atoms with Gasteiger partial charge in [0.25, 0.3) is 5.91 Å². The van der Waals surface area contributed by atoms with Crippen LogP contribution in [0.2, 0.25) is 0 Å². The van der Waals surface area contributed by atoms with Crippen LogP contribution in [0.1, 0.15) is 41.5 Å². The number of carbonyl (C=O) groups is 1. The number of aryl methyl sites for hydroxylation is 1. The maximum Gasteiger partial charge on any atom is 0.272 e. The van der Waals surface area contributed by atoms with Gasteiger partial charge in [-0.05, 0) is 32.6 Å². The smallest absolute Gasteiger partial charge is 0.272 e. The maximum absolute atomic E-state index is 12.3. The molecule has 1 amide bonds. The van der Waals surface area contributed by atoms with Gasteiger partial charge in [-0.25, -0.2) is 0 Å². The fourth-order valence-electron chi connectivity index (χ4n) is 2.58. The molecule has 1 atom stereocenters. The summed E-state index contributed by atoms with van der Waals surface area (Å²) in [5.74, 6) is -0.201. The molecule has 1 aliphatic carbocycles. The number of hydrogen-bond acceptors (Lipinski definition) is 4. The van der Waals surface area contributed by atoms with E-state index in [1.54, 1.807) is 7.11 Å². The van der Waals surface area contributed by atoms with Crippen molar-refractivity contribution in [3.8, 4) is 0 Å². The highest BCUT2D eigenvalue weighted by Gasteiger charge is 2.30. The van der Waals surface area contributed by atoms with Gasteiger partial charge in [-0.3, -0.25) is 9.89 Å². The third-order valence-corrected chi connectivity index (χ3v) is 3.56. The number of amides is 1. The minimum Gasteiger partial charge on any atom is -0.396 e. The lowest BCUT2D eigenvalue weighted by Gasteiger charge is -2.29. The molecule has 1 heterocycles. The first kappa shape index (κ1) is 14.0. The van der Waals surface area contributed by atoms with Crippen molar-refractivity contribution < 1.29 is 14.6 Å². The molecule has 2 rings (SSSR count). The molecule has 0 aromatic carbocycles. The van der Waals surface area contributed by atoms with E-state index in [-0.39, 0.29) is 12.5 Å². The Bertz CT molecular complexity index is 450. The summed E-state index contributed by atoms with van der Waals surface area (Å²) in [5.41, 5.74) is 2.00. The molecule has 0 spiro atoms. The molecule has 1 aliphatic rings. The molecule has 0 saturated heterocycles. The van der Waals surface area contributed by atoms with Crippen LogP contribution < -0.4 is 5.32 Å². The zero-order chi connectivity index (χ0) is 13.9. The van der Waals surface area contributed by atoms with Crippen molar-refractivity contribution in [3.05, 3.63) is 17.0 Å². The number of nitrogens with zero attached hydrogens (tertiary/aromatic N) is 1. The monoisotopic (exact) mass is 267 g/mol. The number of ether oxygens (including phenoxy) is 1. The van der Waals surface area contributed by atoms with Gasteiger partial charge in [-0.15, -0.1) is 0 Å². The minimum absolute atomic E-state index is 0.00118. The van der Waals surface area contributed by atoms with E-state index in [0.29, 0.717) is 18.7 Å². The molecule has 6 nitrogen and oxygen atoms in total. The molecule has 0 aliphatic heterocycles. The summed E-state index contributed by atoms with van der Waals surface area (Å²) in [6.45, 7) is 2.21. The number of fused-ring (bicyclic) bond motifs is 1. The standard InChI is InChI=1S/C13H21N3O3/c1-13(6-7-17,8-19-2)14-12(18)11-9-4-3-5-10(9)15-16-11/h17H,3-8H2,1-2H3,(H,14,18)(H,15,16). The van der Waals surface area contributed by atoms with Crippen LogP contribution in [0.15, 0.2) is 0 Å². The molecule has 1 unspecified atom stereocenters. The average Bonchev–Trinajstić information content (AvgIpc) is 2.89. The molecular formula is C13H21N3O3. The summed E-state index contributed by atoms with van der Waals surface area (Å²) in [5, 5.41) is 19.0. The van der Waals surface area contributed by atoms with Crippen molar-refractivity contribution in [1.82, 2.24) is 15.5 Å². The number of aromatic amines is 1. The molecule has 6 heteroatoms. The Morgan fingerprint density at radius 2 is 2.37 bits per heavy atom. The van der Waals surface area contributed by atoms with Gasteiger partial charge in [0.05, 0.1) is 12.1 Å². The summed E-state index contributed by atoms with van der Waals surface area (Å²) in [6, 6.07) is 0. The SMILES string of the molecule is COCC(C)(CCO)NC(=O)c1n[nH]c2c1CCC2. The minimum atomic E-state index is -0.578. The Hall–Kier alpha value is -1.40. The van der Waals surface area contributed by atoms with Crippen LogP contribution in [0, 0.1) is 0 Å². The topological polar surface area (TPSA) is 87.2 Å². The average molecular weight is 267 g/mol. The van der Waals surface area contributed by atoms with Gasteiger partial charge < -0.3 is 15.2 Å². The van der Waals surface area contributed by atoms with Crippen LogP contribution in [0.4, 0.5) is 0 Å². The van der Waals surface area contributed by atoms with E-state index in [0.717, 1.165) is 30.5 Å². The molecule has 3 N–H and O–H groups in total. The quantitative estimate of drug-likeness (QED) is 0.697. The second-order valence-electron chi connectivity index (χ2n) is 5.30. The van der Waals surface area contributed by atoms with Crippen molar-refractivity contribution in [2.45, 2.75) is 38.1 Å². The highest BCUT2D eigenvalue weighted by molar-refractivity contribution is 5.94. The number of rotatable bonds is 6. The Morgan fingerprint density at radius 3 is 3.05 bits per heavy atom. The van der Waals surface area contributed by atoms with Gasteiger partial charge in [0, 0.05) is 25.0 Å². The van der Waals surface area contributed by atoms with E-state index in [2.05, 4.69) is 15.5 Å². The van der Waals surface area contributed by atoms with E-state index < -0.39 is 5.54 Å². The van der Waals surface area contributed by atoms with Gasteiger partial charge in [0.2, 0.25) is 0 Å². The lowest BCUT2D eigenvalue weighted by atomic mass is 9.99. The lowest BCUT2D eigenvalue weighted by Crippen LogP contribution is -2.50. The number of aliphatic hydroxyl groups excluding tert-OH is 1. The molecule has 106 valence electrons. The third-order valence-electron chi connectivity index (χ3n) is 3.56. The van der Waals surface area contributed by atoms with E-state index >= 15 is 0 Å². The zero-order valence-corrected chi connectivity index (χ0v) is 11.5. The van der Waals surface area contributed by atoms with Crippen LogP contribution in [-0.2, 0) is 17.6 Å². The zero-order valence-electron chi connectivity index (χ0n) is 11.5. The highest BCUT2D eigenvalue weighted by Crippen LogP contribution is 2.23. The van der Waals surface area contributed by atoms with Crippen molar-refractivity contribution in [3.63, 3.8) is 0 Å². The number of methoxy groups -OCH3 is 1. The van der Waals surface area contributed by atoms with E-state index in [1.165, 1.54) is 0 Å². The second-order valence-corrected chi connectivity index (χ2v) is 5.30. The normalized spacial score (nSPS) is 17.0. The summed E-state index contributed by atoms with van der Waals surface area (Å²) in [4.78, 5) is 12.3. The number of carbonyl (C=O) groups excluding carboxylic acids is 1. The van der Waals surface area contributed by atoms with E-state index in [9.17, 15) is 4.79 Å². The Morgan fingerprint density at radius 1 is 1.58 bits per heavy atom. The highest BCUT2D eigenvalue weighted by atomic mass is 16.5. The van der Waals surface area contributed by atoms with E-state index in [1.807, 2.05) is 6.92 Å². The predicted octanol–water partition coefficient (Wildman–Crippen LogP) is 0.416. The van der Waals surface area contributed by atoms with Crippen LogP contribution >= 0.6 is 0 Å².